The second kappa shape index (κ2) is 8.71. The van der Waals surface area contributed by atoms with E-state index in [-0.39, 0.29) is 5.82 Å². The Balaban J connectivity index is 2.06. The van der Waals surface area contributed by atoms with Crippen LogP contribution in [-0.2, 0) is 0 Å². The summed E-state index contributed by atoms with van der Waals surface area (Å²) in [5.74, 6) is 1.31. The fraction of sp³-hybridized carbons (Fsp3) is 0.200. The fourth-order valence-corrected chi connectivity index (χ4v) is 3.49. The maximum atomic E-state index is 13.3. The van der Waals surface area contributed by atoms with Crippen LogP contribution in [-0.4, -0.2) is 39.3 Å². The molecule has 6 nitrogen and oxygen atoms in total. The summed E-state index contributed by atoms with van der Waals surface area (Å²) in [6.45, 7) is 0. The number of methoxy groups -OCH3 is 3. The number of aromatic nitrogens is 1. The van der Waals surface area contributed by atoms with Crippen molar-refractivity contribution in [1.82, 2.24) is 4.68 Å². The molecule has 0 N–H and O–H groups in total. The Hall–Kier alpha value is -3.13. The molecular weight excluding hydrogens is 381 g/mol. The van der Waals surface area contributed by atoms with Crippen molar-refractivity contribution in [3.8, 4) is 28.5 Å². The number of hydrogen-bond donors (Lipinski definition) is 0. The summed E-state index contributed by atoms with van der Waals surface area (Å²) in [4.78, 5) is 4.98. The first-order chi connectivity index (χ1) is 13.6. The summed E-state index contributed by atoms with van der Waals surface area (Å²) >= 11 is 1.45. The van der Waals surface area contributed by atoms with Crippen LogP contribution in [0.4, 0.5) is 4.39 Å². The summed E-state index contributed by atoms with van der Waals surface area (Å²) in [7, 11) is 6.38. The number of thiazole rings is 1. The zero-order chi connectivity index (χ0) is 20.1. The third-order valence-electron chi connectivity index (χ3n) is 4.03. The molecule has 1 heterocycles. The third-order valence-corrected chi connectivity index (χ3v) is 4.93. The Kier molecular flexibility index (Phi) is 6.10. The van der Waals surface area contributed by atoms with Crippen LogP contribution in [0.1, 0.15) is 5.56 Å². The lowest BCUT2D eigenvalue weighted by Gasteiger charge is -2.12. The standard InChI is InChI=1S/C20H20FN3O3S/c1-22-20-24(16(12-28-20)14-5-7-15(21)8-6-14)23-11-13-9-17(25-2)19(27-4)18(10-13)26-3/h5-12H,1-4H3/b22-20?,23-11-. The van der Waals surface area contributed by atoms with E-state index in [1.807, 2.05) is 5.38 Å². The number of rotatable bonds is 6. The van der Waals surface area contributed by atoms with Gasteiger partial charge in [0.05, 0.1) is 33.2 Å². The molecule has 0 saturated heterocycles. The first kappa shape index (κ1) is 19.6. The van der Waals surface area contributed by atoms with E-state index in [9.17, 15) is 4.39 Å². The largest absolute Gasteiger partial charge is 0.493 e. The van der Waals surface area contributed by atoms with Crippen molar-refractivity contribution in [3.05, 3.63) is 58.0 Å². The predicted molar refractivity (Wildman–Crippen MR) is 108 cm³/mol. The number of ether oxygens (including phenoxy) is 3. The van der Waals surface area contributed by atoms with Gasteiger partial charge in [-0.2, -0.15) is 5.10 Å². The molecular formula is C20H20FN3O3S. The second-order valence-electron chi connectivity index (χ2n) is 5.65. The van der Waals surface area contributed by atoms with Crippen molar-refractivity contribution < 1.29 is 18.6 Å². The Morgan fingerprint density at radius 1 is 1.00 bits per heavy atom. The van der Waals surface area contributed by atoms with Gasteiger partial charge in [0, 0.05) is 23.6 Å². The first-order valence-corrected chi connectivity index (χ1v) is 9.23. The van der Waals surface area contributed by atoms with Gasteiger partial charge in [-0.15, -0.1) is 11.3 Å². The molecule has 0 saturated carbocycles. The summed E-state index contributed by atoms with van der Waals surface area (Å²) in [6, 6.07) is 9.87. The molecule has 1 aromatic heterocycles. The predicted octanol–water partition coefficient (Wildman–Crippen LogP) is 3.79. The summed E-state index contributed by atoms with van der Waals surface area (Å²) in [5, 5.41) is 6.51. The van der Waals surface area contributed by atoms with Crippen LogP contribution in [0.5, 0.6) is 17.2 Å². The highest BCUT2D eigenvalue weighted by Crippen LogP contribution is 2.37. The van der Waals surface area contributed by atoms with E-state index >= 15 is 0 Å². The van der Waals surface area contributed by atoms with Crippen molar-refractivity contribution in [2.45, 2.75) is 0 Å². The Bertz CT molecular complexity index is 1030. The van der Waals surface area contributed by atoms with E-state index in [1.165, 1.54) is 23.5 Å². The summed E-state index contributed by atoms with van der Waals surface area (Å²) in [6.07, 6.45) is 1.68. The smallest absolute Gasteiger partial charge is 0.205 e. The summed E-state index contributed by atoms with van der Waals surface area (Å²) < 4.78 is 31.1. The monoisotopic (exact) mass is 401 g/mol. The van der Waals surface area contributed by atoms with Gasteiger partial charge >= 0.3 is 0 Å². The van der Waals surface area contributed by atoms with E-state index in [4.69, 9.17) is 14.2 Å². The SMILES string of the molecule is CN=c1scc(-c2ccc(F)cc2)n1/N=C\c1cc(OC)c(OC)c(OC)c1. The van der Waals surface area contributed by atoms with E-state index in [2.05, 4.69) is 10.1 Å². The number of benzene rings is 2. The topological polar surface area (TPSA) is 57.3 Å². The van der Waals surface area contributed by atoms with Crippen molar-refractivity contribution in [2.75, 3.05) is 28.4 Å². The molecule has 3 aromatic rings. The summed E-state index contributed by atoms with van der Waals surface area (Å²) in [5.41, 5.74) is 2.42. The van der Waals surface area contributed by atoms with Crippen LogP contribution in [0.15, 0.2) is 51.9 Å². The lowest BCUT2D eigenvalue weighted by molar-refractivity contribution is 0.324. The third kappa shape index (κ3) is 3.91. The highest BCUT2D eigenvalue weighted by atomic mass is 32.1. The van der Waals surface area contributed by atoms with Gasteiger partial charge in [0.2, 0.25) is 10.6 Å². The number of halogens is 1. The van der Waals surface area contributed by atoms with Gasteiger partial charge in [-0.05, 0) is 36.4 Å². The molecule has 28 heavy (non-hydrogen) atoms. The Morgan fingerprint density at radius 2 is 1.64 bits per heavy atom. The van der Waals surface area contributed by atoms with Crippen LogP contribution in [0.25, 0.3) is 11.3 Å². The van der Waals surface area contributed by atoms with Gasteiger partial charge in [0.1, 0.15) is 5.82 Å². The number of hydrogen-bond acceptors (Lipinski definition) is 6. The van der Waals surface area contributed by atoms with Gasteiger partial charge in [-0.3, -0.25) is 4.99 Å². The van der Waals surface area contributed by atoms with Crippen LogP contribution in [0.3, 0.4) is 0 Å². The van der Waals surface area contributed by atoms with Crippen molar-refractivity contribution in [1.29, 1.82) is 0 Å². The molecule has 0 fully saturated rings. The molecule has 0 aliphatic heterocycles. The maximum absolute atomic E-state index is 13.3. The maximum Gasteiger partial charge on any atom is 0.205 e. The quantitative estimate of drug-likeness (QED) is 0.591. The molecule has 0 amide bonds. The highest BCUT2D eigenvalue weighted by molar-refractivity contribution is 7.07. The molecule has 0 unspecified atom stereocenters. The molecule has 0 bridgehead atoms. The Labute approximate surface area is 166 Å². The molecule has 0 atom stereocenters. The van der Waals surface area contributed by atoms with Gasteiger partial charge < -0.3 is 14.2 Å². The van der Waals surface area contributed by atoms with Crippen LogP contribution in [0, 0.1) is 5.82 Å². The lowest BCUT2D eigenvalue weighted by atomic mass is 10.2. The molecule has 0 radical (unpaired) electrons. The highest BCUT2D eigenvalue weighted by Gasteiger charge is 2.13. The van der Waals surface area contributed by atoms with Crippen LogP contribution < -0.4 is 19.0 Å². The average Bonchev–Trinajstić information content (AvgIpc) is 3.14. The van der Waals surface area contributed by atoms with E-state index in [0.29, 0.717) is 22.0 Å². The van der Waals surface area contributed by atoms with E-state index in [0.717, 1.165) is 16.8 Å². The zero-order valence-corrected chi connectivity index (χ0v) is 16.8. The average molecular weight is 401 g/mol. The van der Waals surface area contributed by atoms with Crippen molar-refractivity contribution in [3.63, 3.8) is 0 Å². The van der Waals surface area contributed by atoms with Crippen molar-refractivity contribution >= 4 is 17.6 Å². The number of nitrogens with zero attached hydrogens (tertiary/aromatic N) is 3. The minimum Gasteiger partial charge on any atom is -0.493 e. The normalized spacial score (nSPS) is 11.8. The van der Waals surface area contributed by atoms with E-state index < -0.39 is 0 Å². The van der Waals surface area contributed by atoms with Crippen LogP contribution in [0.2, 0.25) is 0 Å². The molecule has 0 aliphatic carbocycles. The zero-order valence-electron chi connectivity index (χ0n) is 16.0. The molecule has 8 heteroatoms. The van der Waals surface area contributed by atoms with Crippen LogP contribution >= 0.6 is 11.3 Å². The minimum absolute atomic E-state index is 0.285. The second-order valence-corrected chi connectivity index (χ2v) is 6.49. The van der Waals surface area contributed by atoms with Gasteiger partial charge in [-0.1, -0.05) is 0 Å². The molecule has 3 rings (SSSR count). The molecule has 0 aliphatic rings. The van der Waals surface area contributed by atoms with Gasteiger partial charge in [-0.25, -0.2) is 9.07 Å². The fourth-order valence-electron chi connectivity index (χ4n) is 2.68. The lowest BCUT2D eigenvalue weighted by Crippen LogP contribution is -2.11. The van der Waals surface area contributed by atoms with E-state index in [1.54, 1.807) is 63.5 Å². The van der Waals surface area contributed by atoms with Gasteiger partial charge in [0.15, 0.2) is 11.5 Å². The minimum atomic E-state index is -0.285. The van der Waals surface area contributed by atoms with Gasteiger partial charge in [0.25, 0.3) is 0 Å². The molecule has 0 spiro atoms. The van der Waals surface area contributed by atoms with Crippen molar-refractivity contribution in [2.24, 2.45) is 10.1 Å². The molecule has 146 valence electrons. The molecule has 2 aromatic carbocycles. The Morgan fingerprint density at radius 3 is 2.18 bits per heavy atom. The first-order valence-electron chi connectivity index (χ1n) is 8.35.